The van der Waals surface area contributed by atoms with Gasteiger partial charge in [0, 0.05) is 6.54 Å². The summed E-state index contributed by atoms with van der Waals surface area (Å²) in [5, 5.41) is 12.7. The van der Waals surface area contributed by atoms with Crippen molar-refractivity contribution in [2.24, 2.45) is 0 Å². The molecule has 0 spiro atoms. The van der Waals surface area contributed by atoms with E-state index in [2.05, 4.69) is 42.6 Å². The third kappa shape index (κ3) is 2.43. The van der Waals surface area contributed by atoms with Gasteiger partial charge in [-0.05, 0) is 25.3 Å². The van der Waals surface area contributed by atoms with E-state index in [1.807, 2.05) is 0 Å². The van der Waals surface area contributed by atoms with Gasteiger partial charge in [0.25, 0.3) is 0 Å². The first-order valence-electron chi connectivity index (χ1n) is 5.96. The molecule has 1 N–H and O–H groups in total. The minimum atomic E-state index is -0.260. The highest BCUT2D eigenvalue weighted by Crippen LogP contribution is 2.29. The quantitative estimate of drug-likeness (QED) is 0.839. The average Bonchev–Trinajstić information content (AvgIpc) is 2.76. The minimum absolute atomic E-state index is 0.260. The summed E-state index contributed by atoms with van der Waals surface area (Å²) in [4.78, 5) is 0. The van der Waals surface area contributed by atoms with Crippen molar-refractivity contribution in [1.82, 2.24) is 5.32 Å². The first kappa shape index (κ1) is 11.2. The predicted octanol–water partition coefficient (Wildman–Crippen LogP) is 2.92. The monoisotopic (exact) mass is 214 g/mol. The summed E-state index contributed by atoms with van der Waals surface area (Å²) in [5.74, 6) is 0. The van der Waals surface area contributed by atoms with E-state index in [1.54, 1.807) is 0 Å². The van der Waals surface area contributed by atoms with Gasteiger partial charge in [-0.3, -0.25) is 5.32 Å². The molecule has 84 valence electrons. The lowest BCUT2D eigenvalue weighted by Crippen LogP contribution is -2.40. The smallest absolute Gasteiger partial charge is 0.107 e. The number of rotatable bonds is 3. The number of nitriles is 1. The molecule has 0 amide bonds. The van der Waals surface area contributed by atoms with E-state index >= 15 is 0 Å². The van der Waals surface area contributed by atoms with Crippen LogP contribution >= 0.6 is 0 Å². The van der Waals surface area contributed by atoms with Crippen molar-refractivity contribution >= 4 is 0 Å². The molecule has 0 saturated heterocycles. The summed E-state index contributed by atoms with van der Waals surface area (Å²) in [6, 6.07) is 10.9. The molecular formula is C14H18N2. The number of hydrogen-bond donors (Lipinski definition) is 1. The second-order valence-electron chi connectivity index (χ2n) is 4.74. The molecule has 0 aromatic heterocycles. The Labute approximate surface area is 97.3 Å². The Morgan fingerprint density at radius 2 is 2.12 bits per heavy atom. The van der Waals surface area contributed by atoms with Crippen molar-refractivity contribution in [3.05, 3.63) is 35.4 Å². The normalized spacial score (nSPS) is 18.2. The van der Waals surface area contributed by atoms with Crippen LogP contribution in [0.25, 0.3) is 0 Å². The molecule has 0 heterocycles. The number of nitrogens with zero attached hydrogens (tertiary/aromatic N) is 1. The van der Waals surface area contributed by atoms with E-state index in [1.165, 1.54) is 24.0 Å². The minimum Gasteiger partial charge on any atom is -0.295 e. The van der Waals surface area contributed by atoms with Crippen LogP contribution in [0, 0.1) is 18.3 Å². The predicted molar refractivity (Wildman–Crippen MR) is 64.8 cm³/mol. The van der Waals surface area contributed by atoms with Crippen LogP contribution < -0.4 is 5.32 Å². The van der Waals surface area contributed by atoms with Crippen LogP contribution in [0.1, 0.15) is 36.8 Å². The van der Waals surface area contributed by atoms with E-state index in [9.17, 15) is 5.26 Å². The van der Waals surface area contributed by atoms with Gasteiger partial charge in [-0.15, -0.1) is 0 Å². The van der Waals surface area contributed by atoms with Crippen molar-refractivity contribution < 1.29 is 0 Å². The van der Waals surface area contributed by atoms with E-state index in [4.69, 9.17) is 0 Å². The SMILES string of the molecule is Cc1cccc(CNC2(C#N)CCCC2)c1. The third-order valence-electron chi connectivity index (χ3n) is 3.38. The van der Waals surface area contributed by atoms with Gasteiger partial charge < -0.3 is 0 Å². The molecule has 16 heavy (non-hydrogen) atoms. The summed E-state index contributed by atoms with van der Waals surface area (Å²) in [7, 11) is 0. The van der Waals surface area contributed by atoms with Gasteiger partial charge in [-0.2, -0.15) is 5.26 Å². The number of nitrogens with one attached hydrogen (secondary N) is 1. The van der Waals surface area contributed by atoms with Crippen LogP contribution in [-0.2, 0) is 6.54 Å². The fourth-order valence-electron chi connectivity index (χ4n) is 2.40. The summed E-state index contributed by atoms with van der Waals surface area (Å²) in [5.41, 5.74) is 2.28. The third-order valence-corrected chi connectivity index (χ3v) is 3.38. The van der Waals surface area contributed by atoms with Gasteiger partial charge in [-0.1, -0.05) is 42.7 Å². The fourth-order valence-corrected chi connectivity index (χ4v) is 2.40. The van der Waals surface area contributed by atoms with Gasteiger partial charge in [0.1, 0.15) is 5.54 Å². The zero-order valence-electron chi connectivity index (χ0n) is 9.79. The maximum Gasteiger partial charge on any atom is 0.107 e. The van der Waals surface area contributed by atoms with Crippen molar-refractivity contribution in [3.8, 4) is 6.07 Å². The molecule has 0 unspecified atom stereocenters. The Bertz CT molecular complexity index is 397. The van der Waals surface area contributed by atoms with Crippen LogP contribution in [0.15, 0.2) is 24.3 Å². The molecule has 1 aliphatic rings. The molecule has 1 saturated carbocycles. The molecule has 2 rings (SSSR count). The Morgan fingerprint density at radius 1 is 1.38 bits per heavy atom. The Morgan fingerprint density at radius 3 is 2.75 bits per heavy atom. The molecule has 1 aromatic rings. The second kappa shape index (κ2) is 4.67. The largest absolute Gasteiger partial charge is 0.295 e. The lowest BCUT2D eigenvalue weighted by atomic mass is 9.99. The molecule has 0 bridgehead atoms. The Balaban J connectivity index is 1.99. The van der Waals surface area contributed by atoms with Crippen LogP contribution in [-0.4, -0.2) is 5.54 Å². The lowest BCUT2D eigenvalue weighted by Gasteiger charge is -2.22. The average molecular weight is 214 g/mol. The Hall–Kier alpha value is -1.33. The summed E-state index contributed by atoms with van der Waals surface area (Å²) >= 11 is 0. The van der Waals surface area contributed by atoms with Crippen LogP contribution in [0.3, 0.4) is 0 Å². The number of aryl methyl sites for hydroxylation is 1. The van der Waals surface area contributed by atoms with Crippen molar-refractivity contribution in [1.29, 1.82) is 5.26 Å². The first-order chi connectivity index (χ1) is 7.74. The van der Waals surface area contributed by atoms with Gasteiger partial charge in [0.15, 0.2) is 0 Å². The maximum atomic E-state index is 9.24. The van der Waals surface area contributed by atoms with Crippen LogP contribution in [0.2, 0.25) is 0 Å². The Kier molecular flexibility index (Phi) is 3.26. The molecule has 0 radical (unpaired) electrons. The standard InChI is InChI=1S/C14H18N2/c1-12-5-4-6-13(9-12)10-16-14(11-15)7-2-3-8-14/h4-6,9,16H,2-3,7-8,10H2,1H3. The molecule has 2 nitrogen and oxygen atoms in total. The molecule has 2 heteroatoms. The van der Waals surface area contributed by atoms with Gasteiger partial charge in [0.05, 0.1) is 6.07 Å². The van der Waals surface area contributed by atoms with Crippen molar-refractivity contribution in [3.63, 3.8) is 0 Å². The van der Waals surface area contributed by atoms with Gasteiger partial charge >= 0.3 is 0 Å². The molecule has 1 aliphatic carbocycles. The van der Waals surface area contributed by atoms with E-state index in [0.717, 1.165) is 19.4 Å². The molecule has 1 fully saturated rings. The van der Waals surface area contributed by atoms with Gasteiger partial charge in [0.2, 0.25) is 0 Å². The highest BCUT2D eigenvalue weighted by atomic mass is 15.0. The zero-order chi connectivity index (χ0) is 11.4. The van der Waals surface area contributed by atoms with E-state index in [-0.39, 0.29) is 5.54 Å². The summed E-state index contributed by atoms with van der Waals surface area (Å²) < 4.78 is 0. The molecule has 0 aliphatic heterocycles. The van der Waals surface area contributed by atoms with E-state index < -0.39 is 0 Å². The molecule has 0 atom stereocenters. The highest BCUT2D eigenvalue weighted by molar-refractivity contribution is 5.23. The molecule has 1 aromatic carbocycles. The van der Waals surface area contributed by atoms with E-state index in [0.29, 0.717) is 0 Å². The van der Waals surface area contributed by atoms with Gasteiger partial charge in [-0.25, -0.2) is 0 Å². The zero-order valence-corrected chi connectivity index (χ0v) is 9.79. The summed E-state index contributed by atoms with van der Waals surface area (Å²) in [6.45, 7) is 2.90. The second-order valence-corrected chi connectivity index (χ2v) is 4.74. The van der Waals surface area contributed by atoms with Crippen molar-refractivity contribution in [2.75, 3.05) is 0 Å². The fraction of sp³-hybridized carbons (Fsp3) is 0.500. The summed E-state index contributed by atoms with van der Waals surface area (Å²) in [6.07, 6.45) is 4.34. The molecular weight excluding hydrogens is 196 g/mol. The number of benzene rings is 1. The maximum absolute atomic E-state index is 9.24. The van der Waals surface area contributed by atoms with Crippen LogP contribution in [0.4, 0.5) is 0 Å². The first-order valence-corrected chi connectivity index (χ1v) is 5.96. The van der Waals surface area contributed by atoms with Crippen molar-refractivity contribution in [2.45, 2.75) is 44.7 Å². The van der Waals surface area contributed by atoms with Crippen LogP contribution in [0.5, 0.6) is 0 Å². The number of hydrogen-bond acceptors (Lipinski definition) is 2. The highest BCUT2D eigenvalue weighted by Gasteiger charge is 2.32. The lowest BCUT2D eigenvalue weighted by molar-refractivity contribution is 0.421. The topological polar surface area (TPSA) is 35.8 Å².